The number of anilines is 2. The first kappa shape index (κ1) is 22.9. The van der Waals surface area contributed by atoms with Gasteiger partial charge >= 0.3 is 0 Å². The lowest BCUT2D eigenvalue weighted by molar-refractivity contribution is 0.101. The summed E-state index contributed by atoms with van der Waals surface area (Å²) in [5, 5.41) is 13.9. The number of nitrogen functional groups attached to an aromatic ring is 1. The van der Waals surface area contributed by atoms with Crippen LogP contribution in [0.25, 0.3) is 22.4 Å². The Morgan fingerprint density at radius 1 is 0.882 bits per heavy atom. The predicted molar refractivity (Wildman–Crippen MR) is 141 cm³/mol. The summed E-state index contributed by atoms with van der Waals surface area (Å²) in [5.74, 6) is -0.225. The summed E-state index contributed by atoms with van der Waals surface area (Å²) >= 11 is 0. The maximum Gasteiger partial charge on any atom is 0.274 e. The van der Waals surface area contributed by atoms with Crippen LogP contribution in [0.1, 0.15) is 35.9 Å². The summed E-state index contributed by atoms with van der Waals surface area (Å²) in [5.41, 5.74) is 12.2. The number of hydrogen-bond acceptors (Lipinski definition) is 3. The SMILES string of the molecule is CNc1c(-c2ccccc2)c(-c2ccccc2)n(C(C)C)c1C(=O)Nc1ccc(C(=N)N)cc1. The minimum atomic E-state index is -0.215. The molecule has 1 amide bonds. The number of nitrogens with two attached hydrogens (primary N) is 1. The summed E-state index contributed by atoms with van der Waals surface area (Å²) in [6.07, 6.45) is 0. The molecule has 0 aliphatic rings. The highest BCUT2D eigenvalue weighted by Crippen LogP contribution is 2.44. The van der Waals surface area contributed by atoms with Gasteiger partial charge in [0, 0.05) is 29.9 Å². The van der Waals surface area contributed by atoms with Crippen LogP contribution in [0.5, 0.6) is 0 Å². The van der Waals surface area contributed by atoms with E-state index >= 15 is 0 Å². The number of carbonyl (C=O) groups is 1. The van der Waals surface area contributed by atoms with Gasteiger partial charge in [-0.25, -0.2) is 0 Å². The van der Waals surface area contributed by atoms with E-state index in [1.165, 1.54) is 0 Å². The van der Waals surface area contributed by atoms with E-state index in [-0.39, 0.29) is 17.8 Å². The van der Waals surface area contributed by atoms with Crippen molar-refractivity contribution in [3.8, 4) is 22.4 Å². The molecule has 34 heavy (non-hydrogen) atoms. The standard InChI is InChI=1S/C28H29N5O/c1-18(2)33-25(20-12-8-5-9-13-20)23(19-10-6-4-7-11-19)24(31-3)26(33)28(34)32-22-16-14-21(15-17-22)27(29)30/h4-18,31H,1-3H3,(H3,29,30)(H,32,34). The van der Waals surface area contributed by atoms with Gasteiger partial charge in [-0.05, 0) is 49.2 Å². The topological polar surface area (TPSA) is 95.9 Å². The van der Waals surface area contributed by atoms with Crippen molar-refractivity contribution in [3.05, 3.63) is 96.2 Å². The molecule has 0 aliphatic carbocycles. The van der Waals surface area contributed by atoms with Gasteiger partial charge in [0.15, 0.2) is 0 Å². The maximum atomic E-state index is 13.7. The average Bonchev–Trinajstić information content (AvgIpc) is 3.21. The molecule has 0 bridgehead atoms. The van der Waals surface area contributed by atoms with Crippen LogP contribution >= 0.6 is 0 Å². The van der Waals surface area contributed by atoms with E-state index < -0.39 is 0 Å². The van der Waals surface area contributed by atoms with Crippen molar-refractivity contribution in [3.63, 3.8) is 0 Å². The molecular weight excluding hydrogens is 422 g/mol. The molecule has 0 saturated heterocycles. The smallest absolute Gasteiger partial charge is 0.274 e. The van der Waals surface area contributed by atoms with Gasteiger partial charge in [0.2, 0.25) is 0 Å². The fourth-order valence-corrected chi connectivity index (χ4v) is 4.26. The quantitative estimate of drug-likeness (QED) is 0.206. The normalized spacial score (nSPS) is 10.8. The van der Waals surface area contributed by atoms with Crippen LogP contribution < -0.4 is 16.4 Å². The average molecular weight is 452 g/mol. The third-order valence-electron chi connectivity index (χ3n) is 5.75. The van der Waals surface area contributed by atoms with E-state index in [4.69, 9.17) is 11.1 Å². The largest absolute Gasteiger partial charge is 0.386 e. The van der Waals surface area contributed by atoms with Crippen molar-refractivity contribution in [2.45, 2.75) is 19.9 Å². The number of carbonyl (C=O) groups excluding carboxylic acids is 1. The lowest BCUT2D eigenvalue weighted by Crippen LogP contribution is -2.20. The number of amides is 1. The Morgan fingerprint density at radius 3 is 1.94 bits per heavy atom. The van der Waals surface area contributed by atoms with Gasteiger partial charge in [-0.3, -0.25) is 10.2 Å². The van der Waals surface area contributed by atoms with E-state index in [1.807, 2.05) is 43.4 Å². The van der Waals surface area contributed by atoms with Crippen LogP contribution in [0.2, 0.25) is 0 Å². The zero-order valence-electron chi connectivity index (χ0n) is 19.6. The van der Waals surface area contributed by atoms with Crippen molar-refractivity contribution >= 4 is 23.1 Å². The zero-order chi connectivity index (χ0) is 24.2. The van der Waals surface area contributed by atoms with Crippen molar-refractivity contribution < 1.29 is 4.79 Å². The number of benzene rings is 3. The highest BCUT2D eigenvalue weighted by Gasteiger charge is 2.29. The van der Waals surface area contributed by atoms with Crippen LogP contribution in [-0.4, -0.2) is 23.4 Å². The first-order valence-corrected chi connectivity index (χ1v) is 11.2. The fraction of sp³-hybridized carbons (Fsp3) is 0.143. The Morgan fingerprint density at radius 2 is 1.44 bits per heavy atom. The molecule has 5 N–H and O–H groups in total. The summed E-state index contributed by atoms with van der Waals surface area (Å²) in [6, 6.07) is 27.3. The Hall–Kier alpha value is -4.32. The predicted octanol–water partition coefficient (Wildman–Crippen LogP) is 5.98. The van der Waals surface area contributed by atoms with Crippen LogP contribution in [0.4, 0.5) is 11.4 Å². The van der Waals surface area contributed by atoms with Crippen LogP contribution in [0, 0.1) is 5.41 Å². The minimum absolute atomic E-state index is 0.0102. The summed E-state index contributed by atoms with van der Waals surface area (Å²) in [6.45, 7) is 4.16. The molecule has 3 aromatic carbocycles. The Labute approximate surface area is 199 Å². The molecule has 0 fully saturated rings. The highest BCUT2D eigenvalue weighted by atomic mass is 16.2. The second-order valence-electron chi connectivity index (χ2n) is 8.34. The Kier molecular flexibility index (Phi) is 6.50. The van der Waals surface area contributed by atoms with E-state index in [1.54, 1.807) is 24.3 Å². The molecule has 1 aromatic heterocycles. The van der Waals surface area contributed by atoms with E-state index in [9.17, 15) is 4.79 Å². The number of nitrogens with zero attached hydrogens (tertiary/aromatic N) is 1. The Bertz CT molecular complexity index is 1310. The van der Waals surface area contributed by atoms with Gasteiger partial charge in [0.1, 0.15) is 11.5 Å². The summed E-state index contributed by atoms with van der Waals surface area (Å²) < 4.78 is 2.10. The molecule has 1 heterocycles. The van der Waals surface area contributed by atoms with E-state index in [0.29, 0.717) is 16.9 Å². The van der Waals surface area contributed by atoms with Crippen molar-refractivity contribution in [1.82, 2.24) is 4.57 Å². The van der Waals surface area contributed by atoms with Crippen LogP contribution in [-0.2, 0) is 0 Å². The monoisotopic (exact) mass is 451 g/mol. The molecular formula is C28H29N5O. The molecule has 4 rings (SSSR count). The molecule has 0 atom stereocenters. The van der Waals surface area contributed by atoms with Gasteiger partial charge < -0.3 is 20.9 Å². The molecule has 0 radical (unpaired) electrons. The number of nitrogens with one attached hydrogen (secondary N) is 3. The zero-order valence-corrected chi connectivity index (χ0v) is 19.6. The van der Waals surface area contributed by atoms with Crippen LogP contribution in [0.3, 0.4) is 0 Å². The molecule has 0 saturated carbocycles. The molecule has 4 aromatic rings. The lowest BCUT2D eigenvalue weighted by Gasteiger charge is -2.18. The molecule has 6 nitrogen and oxygen atoms in total. The molecule has 0 spiro atoms. The third kappa shape index (κ3) is 4.30. The highest BCUT2D eigenvalue weighted by molar-refractivity contribution is 6.12. The Balaban J connectivity index is 1.92. The number of amidine groups is 1. The maximum absolute atomic E-state index is 13.7. The lowest BCUT2D eigenvalue weighted by atomic mass is 9.99. The first-order valence-electron chi connectivity index (χ1n) is 11.2. The van der Waals surface area contributed by atoms with Crippen molar-refractivity contribution in [2.75, 3.05) is 17.7 Å². The second kappa shape index (κ2) is 9.67. The molecule has 0 unspecified atom stereocenters. The first-order chi connectivity index (χ1) is 16.4. The van der Waals surface area contributed by atoms with Gasteiger partial charge in [-0.1, -0.05) is 60.7 Å². The minimum Gasteiger partial charge on any atom is -0.386 e. The molecule has 0 aliphatic heterocycles. The third-order valence-corrected chi connectivity index (χ3v) is 5.75. The van der Waals surface area contributed by atoms with Gasteiger partial charge in [-0.2, -0.15) is 0 Å². The van der Waals surface area contributed by atoms with E-state index in [0.717, 1.165) is 28.1 Å². The number of rotatable bonds is 7. The number of hydrogen-bond donors (Lipinski definition) is 4. The fourth-order valence-electron chi connectivity index (χ4n) is 4.26. The van der Waals surface area contributed by atoms with E-state index in [2.05, 4.69) is 53.3 Å². The van der Waals surface area contributed by atoms with Gasteiger partial charge in [-0.15, -0.1) is 0 Å². The van der Waals surface area contributed by atoms with Crippen LogP contribution in [0.15, 0.2) is 84.9 Å². The van der Waals surface area contributed by atoms with Crippen molar-refractivity contribution in [1.29, 1.82) is 5.41 Å². The number of aromatic nitrogens is 1. The molecule has 172 valence electrons. The summed E-state index contributed by atoms with van der Waals surface area (Å²) in [7, 11) is 1.85. The molecule has 6 heteroatoms. The van der Waals surface area contributed by atoms with Gasteiger partial charge in [0.05, 0.1) is 11.4 Å². The van der Waals surface area contributed by atoms with Crippen molar-refractivity contribution in [2.24, 2.45) is 5.73 Å². The summed E-state index contributed by atoms with van der Waals surface area (Å²) in [4.78, 5) is 13.7. The second-order valence-corrected chi connectivity index (χ2v) is 8.34. The van der Waals surface area contributed by atoms with Gasteiger partial charge in [0.25, 0.3) is 5.91 Å².